The van der Waals surface area contributed by atoms with Crippen LogP contribution in [0, 0.1) is 11.5 Å². The Bertz CT molecular complexity index is 515. The van der Waals surface area contributed by atoms with Gasteiger partial charge in [0.15, 0.2) is 5.26 Å². The van der Waals surface area contributed by atoms with Crippen molar-refractivity contribution in [1.82, 2.24) is 4.98 Å². The zero-order valence-electron chi connectivity index (χ0n) is 10.1. The first kappa shape index (κ1) is 13.5. The van der Waals surface area contributed by atoms with Gasteiger partial charge in [-0.2, -0.15) is 3.95 Å². The van der Waals surface area contributed by atoms with Gasteiger partial charge in [0, 0.05) is 6.20 Å². The van der Waals surface area contributed by atoms with Crippen molar-refractivity contribution in [2.24, 2.45) is 0 Å². The van der Waals surface area contributed by atoms with E-state index in [1.807, 2.05) is 12.3 Å². The molecule has 0 aliphatic heterocycles. The van der Waals surface area contributed by atoms with Crippen molar-refractivity contribution in [3.05, 3.63) is 29.0 Å². The molecule has 6 heteroatoms. The van der Waals surface area contributed by atoms with Crippen LogP contribution in [0.4, 0.5) is 0 Å². The number of rotatable bonds is 2. The lowest BCUT2D eigenvalue weighted by atomic mass is 9.98. The summed E-state index contributed by atoms with van der Waals surface area (Å²) in [4.78, 5) is 4.07. The lowest BCUT2D eigenvalue weighted by molar-refractivity contribution is -0.380. The number of pyridine rings is 1. The van der Waals surface area contributed by atoms with Gasteiger partial charge < -0.3 is 4.55 Å². The first-order chi connectivity index (χ1) is 8.60. The van der Waals surface area contributed by atoms with Gasteiger partial charge in [-0.15, -0.1) is 0 Å². The van der Waals surface area contributed by atoms with Gasteiger partial charge in [-0.05, 0) is 24.5 Å². The average molecular weight is 284 g/mol. The van der Waals surface area contributed by atoms with E-state index in [0.717, 1.165) is 31.2 Å². The summed E-state index contributed by atoms with van der Waals surface area (Å²) in [6, 6.07) is 3.57. The van der Waals surface area contributed by atoms with Gasteiger partial charge in [0.05, 0.1) is 11.8 Å². The molecule has 1 saturated carbocycles. The molecule has 0 N–H and O–H groups in total. The van der Waals surface area contributed by atoms with Crippen molar-refractivity contribution >= 4 is 22.6 Å². The molecule has 0 saturated heterocycles. The molecule has 1 aliphatic rings. The molecular weight excluding hydrogens is 270 g/mol. The normalized spacial score (nSPS) is 20.2. The Kier molecular flexibility index (Phi) is 4.00. The Balaban J connectivity index is 2.52. The second-order valence-electron chi connectivity index (χ2n) is 4.42. The van der Waals surface area contributed by atoms with E-state index < -0.39 is 15.7 Å². The molecule has 4 nitrogen and oxygen atoms in total. The molecule has 2 rings (SSSR count). The topological polar surface area (TPSA) is 62.8 Å². The fourth-order valence-corrected chi connectivity index (χ4v) is 4.13. The van der Waals surface area contributed by atoms with Crippen LogP contribution < -0.4 is 0 Å². The molecule has 0 bridgehead atoms. The van der Waals surface area contributed by atoms with Crippen LogP contribution in [0.3, 0.4) is 0 Å². The lowest BCUT2D eigenvalue weighted by Crippen LogP contribution is -2.32. The van der Waals surface area contributed by atoms with Gasteiger partial charge in [-0.25, -0.2) is 4.98 Å². The third-order valence-corrected chi connectivity index (χ3v) is 5.50. The van der Waals surface area contributed by atoms with E-state index in [1.165, 1.54) is 3.95 Å². The summed E-state index contributed by atoms with van der Waals surface area (Å²) >= 11 is 5.78. The van der Waals surface area contributed by atoms with Crippen molar-refractivity contribution < 1.29 is 8.50 Å². The molecule has 96 valence electrons. The minimum atomic E-state index is -1.37. The average Bonchev–Trinajstić information content (AvgIpc) is 2.88. The van der Waals surface area contributed by atoms with Crippen LogP contribution in [0.1, 0.15) is 31.2 Å². The maximum atomic E-state index is 12.5. The molecule has 1 fully saturated rings. The van der Waals surface area contributed by atoms with Crippen LogP contribution in [-0.4, -0.2) is 20.5 Å². The van der Waals surface area contributed by atoms with Crippen LogP contribution in [-0.2, 0) is 15.7 Å². The maximum absolute atomic E-state index is 12.5. The highest BCUT2D eigenvalue weighted by Gasteiger charge is 2.38. The second-order valence-corrected chi connectivity index (χ2v) is 6.63. The second kappa shape index (κ2) is 5.35. The molecule has 18 heavy (non-hydrogen) atoms. The van der Waals surface area contributed by atoms with E-state index in [0.29, 0.717) is 5.15 Å². The van der Waals surface area contributed by atoms with Crippen molar-refractivity contribution in [2.75, 3.05) is 7.05 Å². The highest BCUT2D eigenvalue weighted by molar-refractivity contribution is 7.80. The summed E-state index contributed by atoms with van der Waals surface area (Å²) in [5, 5.41) is 9.34. The van der Waals surface area contributed by atoms with Crippen molar-refractivity contribution in [3.63, 3.8) is 0 Å². The smallest absolute Gasteiger partial charge is 0.464 e. The zero-order chi connectivity index (χ0) is 13.2. The van der Waals surface area contributed by atoms with E-state index in [-0.39, 0.29) is 0 Å². The van der Waals surface area contributed by atoms with Crippen LogP contribution in [0.25, 0.3) is 0 Å². The third-order valence-electron chi connectivity index (χ3n) is 3.39. The fraction of sp³-hybridized carbons (Fsp3) is 0.500. The van der Waals surface area contributed by atoms with Crippen molar-refractivity contribution in [3.8, 4) is 6.19 Å². The number of hydrogen-bond donors (Lipinski definition) is 0. The van der Waals surface area contributed by atoms with Gasteiger partial charge in [-0.3, -0.25) is 0 Å². The molecule has 0 amide bonds. The van der Waals surface area contributed by atoms with Gasteiger partial charge in [-0.1, -0.05) is 41.5 Å². The van der Waals surface area contributed by atoms with Crippen LogP contribution in [0.2, 0.25) is 5.15 Å². The quantitative estimate of drug-likeness (QED) is 0.363. The third kappa shape index (κ3) is 2.28. The Labute approximate surface area is 114 Å². The number of aromatic nitrogens is 1. The molecule has 0 radical (unpaired) electrons. The first-order valence-corrected chi connectivity index (χ1v) is 7.26. The monoisotopic (exact) mass is 283 g/mol. The predicted molar refractivity (Wildman–Crippen MR) is 69.3 cm³/mol. The SMILES string of the molecule is C[N+](C#N)=S([O-])C1(c2ccc(Cl)nc2)CCCC1. The van der Waals surface area contributed by atoms with Gasteiger partial charge in [0.2, 0.25) is 0 Å². The summed E-state index contributed by atoms with van der Waals surface area (Å²) in [6.07, 6.45) is 7.28. The van der Waals surface area contributed by atoms with E-state index in [9.17, 15) is 4.55 Å². The first-order valence-electron chi connectivity index (χ1n) is 5.78. The van der Waals surface area contributed by atoms with E-state index >= 15 is 0 Å². The number of nitrogens with zero attached hydrogens (tertiary/aromatic N) is 3. The molecule has 1 aliphatic carbocycles. The minimum absolute atomic E-state index is 0.423. The molecule has 1 heterocycles. The summed E-state index contributed by atoms with van der Waals surface area (Å²) in [5.74, 6) is 0. The molecule has 0 spiro atoms. The Morgan fingerprint density at radius 3 is 2.67 bits per heavy atom. The van der Waals surface area contributed by atoms with E-state index in [1.54, 1.807) is 19.3 Å². The van der Waals surface area contributed by atoms with E-state index in [4.69, 9.17) is 16.9 Å². The molecule has 1 atom stereocenters. The predicted octanol–water partition coefficient (Wildman–Crippen LogP) is 2.56. The minimum Gasteiger partial charge on any atom is -0.771 e. The fourth-order valence-electron chi connectivity index (χ4n) is 2.45. The Hall–Kier alpha value is -0.960. The van der Waals surface area contributed by atoms with Gasteiger partial charge >= 0.3 is 6.19 Å². The summed E-state index contributed by atoms with van der Waals surface area (Å²) in [7, 11) is 0.188. The largest absolute Gasteiger partial charge is 0.771 e. The Morgan fingerprint density at radius 1 is 1.50 bits per heavy atom. The van der Waals surface area contributed by atoms with Crippen molar-refractivity contribution in [1.29, 1.82) is 5.26 Å². The summed E-state index contributed by atoms with van der Waals surface area (Å²) in [5.41, 5.74) is 0.907. The highest BCUT2D eigenvalue weighted by Crippen LogP contribution is 2.43. The zero-order valence-corrected chi connectivity index (χ0v) is 11.7. The summed E-state index contributed by atoms with van der Waals surface area (Å²) in [6.45, 7) is 0. The van der Waals surface area contributed by atoms with Crippen LogP contribution in [0.15, 0.2) is 18.3 Å². The molecule has 1 aromatic rings. The molecule has 0 aromatic carbocycles. The lowest BCUT2D eigenvalue weighted by Gasteiger charge is -2.34. The van der Waals surface area contributed by atoms with Crippen molar-refractivity contribution in [2.45, 2.75) is 30.4 Å². The maximum Gasteiger partial charge on any atom is 0.464 e. The standard InChI is InChI=1S/C12H14ClN3OS/c1-16(9-14)18(17)12(6-2-3-7-12)10-4-5-11(13)15-8-10/h4-5,8H,2-3,6-7H2,1H3. The van der Waals surface area contributed by atoms with Gasteiger partial charge in [0.1, 0.15) is 5.15 Å². The Morgan fingerprint density at radius 2 is 2.17 bits per heavy atom. The van der Waals surface area contributed by atoms with Gasteiger partial charge in [0.25, 0.3) is 0 Å². The van der Waals surface area contributed by atoms with Crippen LogP contribution >= 0.6 is 11.6 Å². The highest BCUT2D eigenvalue weighted by atomic mass is 35.5. The molecule has 1 aromatic heterocycles. The molecule has 1 unspecified atom stereocenters. The van der Waals surface area contributed by atoms with Crippen LogP contribution in [0.5, 0.6) is 0 Å². The summed E-state index contributed by atoms with van der Waals surface area (Å²) < 4.78 is 13.3. The van der Waals surface area contributed by atoms with E-state index in [2.05, 4.69) is 4.98 Å². The number of nitriles is 1. The molecular formula is C12H14ClN3OS. The number of halogens is 1. The number of hydrogen-bond acceptors (Lipinski definition) is 3.